The van der Waals surface area contributed by atoms with Gasteiger partial charge in [0.15, 0.2) is 5.82 Å². The summed E-state index contributed by atoms with van der Waals surface area (Å²) in [5.41, 5.74) is 6.34. The fraction of sp³-hybridized carbons (Fsp3) is 0.833. The molecule has 1 aromatic rings. The number of rotatable bonds is 3. The molecule has 0 radical (unpaired) electrons. The van der Waals surface area contributed by atoms with E-state index in [9.17, 15) is 0 Å². The first-order valence-electron chi connectivity index (χ1n) is 6.29. The summed E-state index contributed by atoms with van der Waals surface area (Å²) in [5, 5.41) is 7.24. The molecule has 1 aliphatic carbocycles. The average molecular weight is 222 g/mol. The van der Waals surface area contributed by atoms with Crippen molar-refractivity contribution in [1.29, 1.82) is 0 Å². The minimum Gasteiger partial charge on any atom is -0.325 e. The Bertz CT molecular complexity index is 337. The Morgan fingerprint density at radius 1 is 1.31 bits per heavy atom. The Kier molecular flexibility index (Phi) is 3.28. The van der Waals surface area contributed by atoms with E-state index >= 15 is 0 Å². The molecule has 0 aliphatic heterocycles. The smallest absolute Gasteiger partial charge is 0.153 e. The number of hydrogen-bond donors (Lipinski definition) is 2. The topological polar surface area (TPSA) is 67.6 Å². The second-order valence-electron chi connectivity index (χ2n) is 5.39. The number of nitrogens with one attached hydrogen (secondary N) is 1. The Morgan fingerprint density at radius 3 is 2.56 bits per heavy atom. The van der Waals surface area contributed by atoms with Gasteiger partial charge in [0.2, 0.25) is 0 Å². The number of hydrogen-bond acceptors (Lipinski definition) is 3. The monoisotopic (exact) mass is 222 g/mol. The van der Waals surface area contributed by atoms with Gasteiger partial charge in [-0.05, 0) is 12.8 Å². The van der Waals surface area contributed by atoms with E-state index < -0.39 is 0 Å². The molecule has 2 rings (SSSR count). The molecule has 1 aromatic heterocycles. The van der Waals surface area contributed by atoms with Crippen LogP contribution in [0.25, 0.3) is 0 Å². The predicted molar refractivity (Wildman–Crippen MR) is 64.2 cm³/mol. The van der Waals surface area contributed by atoms with Crippen LogP contribution >= 0.6 is 0 Å². The van der Waals surface area contributed by atoms with Crippen LogP contribution in [0.3, 0.4) is 0 Å². The summed E-state index contributed by atoms with van der Waals surface area (Å²) in [6, 6.07) is 0. The molecule has 0 spiro atoms. The van der Waals surface area contributed by atoms with Crippen molar-refractivity contribution in [2.24, 2.45) is 5.73 Å². The molecule has 90 valence electrons. The second kappa shape index (κ2) is 4.53. The van der Waals surface area contributed by atoms with Crippen molar-refractivity contribution in [3.63, 3.8) is 0 Å². The molecule has 4 heteroatoms. The summed E-state index contributed by atoms with van der Waals surface area (Å²) in [6.45, 7) is 4.21. The van der Waals surface area contributed by atoms with E-state index in [2.05, 4.69) is 29.0 Å². The lowest BCUT2D eigenvalue weighted by Crippen LogP contribution is -2.44. The molecule has 1 saturated carbocycles. The molecule has 1 fully saturated rings. The number of aromatic amines is 1. The first-order valence-corrected chi connectivity index (χ1v) is 6.29. The van der Waals surface area contributed by atoms with Crippen LogP contribution in [0.4, 0.5) is 0 Å². The minimum absolute atomic E-state index is 0.0496. The van der Waals surface area contributed by atoms with E-state index in [1.165, 1.54) is 19.3 Å². The lowest BCUT2D eigenvalue weighted by atomic mass is 9.80. The van der Waals surface area contributed by atoms with Gasteiger partial charge in [-0.2, -0.15) is 5.10 Å². The Labute approximate surface area is 97.0 Å². The van der Waals surface area contributed by atoms with Crippen LogP contribution in [0.5, 0.6) is 0 Å². The fourth-order valence-electron chi connectivity index (χ4n) is 2.41. The zero-order valence-electron chi connectivity index (χ0n) is 10.3. The van der Waals surface area contributed by atoms with Gasteiger partial charge in [0.25, 0.3) is 0 Å². The summed E-state index contributed by atoms with van der Waals surface area (Å²) in [5.74, 6) is 2.23. The van der Waals surface area contributed by atoms with Gasteiger partial charge in [0.05, 0.1) is 0 Å². The van der Waals surface area contributed by atoms with Gasteiger partial charge in [0, 0.05) is 17.9 Å². The van der Waals surface area contributed by atoms with Crippen LogP contribution in [0.2, 0.25) is 0 Å². The molecule has 16 heavy (non-hydrogen) atoms. The molecule has 0 atom stereocenters. The van der Waals surface area contributed by atoms with Crippen LogP contribution < -0.4 is 5.73 Å². The molecular weight excluding hydrogens is 200 g/mol. The van der Waals surface area contributed by atoms with Gasteiger partial charge in [0.1, 0.15) is 5.82 Å². The normalized spacial score (nSPS) is 20.2. The van der Waals surface area contributed by atoms with Gasteiger partial charge >= 0.3 is 0 Å². The molecule has 0 amide bonds. The lowest BCUT2D eigenvalue weighted by Gasteiger charge is -2.32. The van der Waals surface area contributed by atoms with Gasteiger partial charge in [-0.3, -0.25) is 5.10 Å². The molecule has 4 nitrogen and oxygen atoms in total. The van der Waals surface area contributed by atoms with E-state index in [-0.39, 0.29) is 5.54 Å². The highest BCUT2D eigenvalue weighted by molar-refractivity contribution is 5.01. The van der Waals surface area contributed by atoms with Gasteiger partial charge in [-0.1, -0.05) is 33.1 Å². The van der Waals surface area contributed by atoms with Gasteiger partial charge < -0.3 is 5.73 Å². The van der Waals surface area contributed by atoms with Gasteiger partial charge in [-0.25, -0.2) is 4.98 Å². The van der Waals surface area contributed by atoms with Crippen LogP contribution in [0.1, 0.15) is 63.5 Å². The van der Waals surface area contributed by atoms with E-state index in [1.807, 2.05) is 0 Å². The third-order valence-corrected chi connectivity index (χ3v) is 3.43. The van der Waals surface area contributed by atoms with E-state index in [1.54, 1.807) is 0 Å². The first kappa shape index (κ1) is 11.6. The number of nitrogens with zero attached hydrogens (tertiary/aromatic N) is 2. The molecule has 0 aromatic carbocycles. The zero-order valence-corrected chi connectivity index (χ0v) is 10.3. The molecule has 0 bridgehead atoms. The first-order chi connectivity index (χ1) is 7.59. The highest BCUT2D eigenvalue weighted by Crippen LogP contribution is 2.28. The third-order valence-electron chi connectivity index (χ3n) is 3.43. The van der Waals surface area contributed by atoms with Gasteiger partial charge in [-0.15, -0.1) is 0 Å². The molecule has 3 N–H and O–H groups in total. The van der Waals surface area contributed by atoms with Crippen molar-refractivity contribution in [2.45, 2.75) is 63.8 Å². The van der Waals surface area contributed by atoms with Crippen molar-refractivity contribution < 1.29 is 0 Å². The SMILES string of the molecule is CC(C)c1n[nH]c(CC2(N)CCCCC2)n1. The van der Waals surface area contributed by atoms with E-state index in [4.69, 9.17) is 5.73 Å². The molecular formula is C12H22N4. The zero-order chi connectivity index (χ0) is 11.6. The Morgan fingerprint density at radius 2 is 2.00 bits per heavy atom. The summed E-state index contributed by atoms with van der Waals surface area (Å²) < 4.78 is 0. The minimum atomic E-state index is -0.0496. The fourth-order valence-corrected chi connectivity index (χ4v) is 2.41. The number of aromatic nitrogens is 3. The Hall–Kier alpha value is -0.900. The van der Waals surface area contributed by atoms with Crippen molar-refractivity contribution in [3.05, 3.63) is 11.6 Å². The van der Waals surface area contributed by atoms with Crippen molar-refractivity contribution in [2.75, 3.05) is 0 Å². The van der Waals surface area contributed by atoms with Crippen LogP contribution in [-0.4, -0.2) is 20.7 Å². The third kappa shape index (κ3) is 2.61. The maximum absolute atomic E-state index is 6.39. The quantitative estimate of drug-likeness (QED) is 0.823. The average Bonchev–Trinajstić information content (AvgIpc) is 2.66. The summed E-state index contributed by atoms with van der Waals surface area (Å²) in [6.07, 6.45) is 6.90. The highest BCUT2D eigenvalue weighted by Gasteiger charge is 2.28. The number of H-pyrrole nitrogens is 1. The van der Waals surface area contributed by atoms with Crippen LogP contribution in [-0.2, 0) is 6.42 Å². The molecule has 1 aliphatic rings. The van der Waals surface area contributed by atoms with E-state index in [0.29, 0.717) is 5.92 Å². The summed E-state index contributed by atoms with van der Waals surface area (Å²) in [4.78, 5) is 4.50. The maximum atomic E-state index is 6.39. The summed E-state index contributed by atoms with van der Waals surface area (Å²) in [7, 11) is 0. The maximum Gasteiger partial charge on any atom is 0.153 e. The van der Waals surface area contributed by atoms with Crippen molar-refractivity contribution in [3.8, 4) is 0 Å². The van der Waals surface area contributed by atoms with E-state index in [0.717, 1.165) is 30.9 Å². The highest BCUT2D eigenvalue weighted by atomic mass is 15.2. The molecule has 1 heterocycles. The predicted octanol–water partition coefficient (Wildman–Crippen LogP) is 2.13. The molecule has 0 saturated heterocycles. The Balaban J connectivity index is 2.02. The van der Waals surface area contributed by atoms with Crippen molar-refractivity contribution >= 4 is 0 Å². The lowest BCUT2D eigenvalue weighted by molar-refractivity contribution is 0.290. The van der Waals surface area contributed by atoms with Crippen molar-refractivity contribution in [1.82, 2.24) is 15.2 Å². The standard InChI is InChI=1S/C12H22N4/c1-9(2)11-14-10(15-16-11)8-12(13)6-4-3-5-7-12/h9H,3-8,13H2,1-2H3,(H,14,15,16). The van der Waals surface area contributed by atoms with Crippen LogP contribution in [0, 0.1) is 0 Å². The van der Waals surface area contributed by atoms with Crippen LogP contribution in [0.15, 0.2) is 0 Å². The largest absolute Gasteiger partial charge is 0.325 e. The summed E-state index contributed by atoms with van der Waals surface area (Å²) >= 11 is 0. The molecule has 0 unspecified atom stereocenters. The second-order valence-corrected chi connectivity index (χ2v) is 5.39. The number of nitrogens with two attached hydrogens (primary N) is 1.